The lowest BCUT2D eigenvalue weighted by atomic mass is 9.82. The number of hydrogen-bond acceptors (Lipinski definition) is 1. The molecule has 1 saturated carbocycles. The largest absolute Gasteiger partial charge is 0.334 e. The molecule has 1 aliphatic heterocycles. The highest BCUT2D eigenvalue weighted by atomic mass is 35.5. The van der Waals surface area contributed by atoms with Crippen LogP contribution in [0.5, 0.6) is 0 Å². The molecule has 2 unspecified atom stereocenters. The third-order valence-corrected chi connectivity index (χ3v) is 4.87. The minimum atomic E-state index is 0.0781. The van der Waals surface area contributed by atoms with Gasteiger partial charge < -0.3 is 10.2 Å². The van der Waals surface area contributed by atoms with Crippen LogP contribution in [0.1, 0.15) is 31.2 Å². The van der Waals surface area contributed by atoms with Gasteiger partial charge in [-0.2, -0.15) is 0 Å². The molecule has 3 rings (SSSR count). The maximum Gasteiger partial charge on any atom is 0.317 e. The lowest BCUT2D eigenvalue weighted by Crippen LogP contribution is -2.38. The van der Waals surface area contributed by atoms with Crippen LogP contribution < -0.4 is 5.32 Å². The number of rotatable bonds is 2. The maximum atomic E-state index is 12.2. The Balaban J connectivity index is 1.51. The van der Waals surface area contributed by atoms with Crippen LogP contribution in [0.3, 0.4) is 0 Å². The summed E-state index contributed by atoms with van der Waals surface area (Å²) in [5.74, 6) is 1.48. The van der Waals surface area contributed by atoms with Gasteiger partial charge in [-0.3, -0.25) is 0 Å². The lowest BCUT2D eigenvalue weighted by Gasteiger charge is -2.22. The molecule has 0 bridgehead atoms. The van der Waals surface area contributed by atoms with Crippen LogP contribution in [-0.4, -0.2) is 24.0 Å². The number of benzene rings is 1. The first-order valence-electron chi connectivity index (χ1n) is 7.49. The van der Waals surface area contributed by atoms with E-state index in [0.717, 1.165) is 35.5 Å². The fourth-order valence-corrected chi connectivity index (χ4v) is 3.59. The van der Waals surface area contributed by atoms with Crippen LogP contribution in [-0.2, 0) is 6.54 Å². The van der Waals surface area contributed by atoms with Gasteiger partial charge in [0, 0.05) is 24.7 Å². The van der Waals surface area contributed by atoms with Crippen LogP contribution in [0.2, 0.25) is 5.02 Å². The van der Waals surface area contributed by atoms with Gasteiger partial charge in [0.15, 0.2) is 0 Å². The normalized spacial score (nSPS) is 25.4. The van der Waals surface area contributed by atoms with E-state index >= 15 is 0 Å². The summed E-state index contributed by atoms with van der Waals surface area (Å²) in [5, 5.41) is 3.74. The highest BCUT2D eigenvalue weighted by Crippen LogP contribution is 2.35. The molecule has 3 nitrogen and oxygen atoms in total. The molecule has 2 amide bonds. The second kappa shape index (κ2) is 6.04. The first kappa shape index (κ1) is 13.7. The van der Waals surface area contributed by atoms with Crippen molar-refractivity contribution in [2.24, 2.45) is 11.8 Å². The van der Waals surface area contributed by atoms with Gasteiger partial charge in [-0.15, -0.1) is 0 Å². The van der Waals surface area contributed by atoms with Crippen molar-refractivity contribution in [2.45, 2.75) is 32.2 Å². The molecule has 1 N–H and O–H groups in total. The summed E-state index contributed by atoms with van der Waals surface area (Å²) in [7, 11) is 0. The standard InChI is InChI=1S/C16H21ClN2O/c17-15-7-5-12(6-8-15)9-18-16(20)19-10-13-3-1-2-4-14(13)11-19/h5-8,13-14H,1-4,9-11H2,(H,18,20). The van der Waals surface area contributed by atoms with Gasteiger partial charge in [0.1, 0.15) is 0 Å². The number of amides is 2. The van der Waals surface area contributed by atoms with Crippen LogP contribution >= 0.6 is 11.6 Å². The van der Waals surface area contributed by atoms with Crippen molar-refractivity contribution in [3.8, 4) is 0 Å². The third-order valence-electron chi connectivity index (χ3n) is 4.62. The van der Waals surface area contributed by atoms with Gasteiger partial charge in [-0.1, -0.05) is 36.6 Å². The topological polar surface area (TPSA) is 32.3 Å². The van der Waals surface area contributed by atoms with E-state index < -0.39 is 0 Å². The van der Waals surface area contributed by atoms with E-state index in [0.29, 0.717) is 6.54 Å². The van der Waals surface area contributed by atoms with Gasteiger partial charge in [-0.05, 0) is 42.4 Å². The van der Waals surface area contributed by atoms with E-state index in [1.165, 1.54) is 25.7 Å². The fraction of sp³-hybridized carbons (Fsp3) is 0.562. The Morgan fingerprint density at radius 3 is 2.35 bits per heavy atom. The Bertz CT molecular complexity index is 460. The van der Waals surface area contributed by atoms with Gasteiger partial charge in [0.25, 0.3) is 0 Å². The summed E-state index contributed by atoms with van der Waals surface area (Å²) in [6.07, 6.45) is 5.26. The molecule has 0 aromatic heterocycles. The molecular weight excluding hydrogens is 272 g/mol. The summed E-state index contributed by atoms with van der Waals surface area (Å²) in [6, 6.07) is 7.69. The Morgan fingerprint density at radius 2 is 1.75 bits per heavy atom. The van der Waals surface area contributed by atoms with Crippen LogP contribution in [0.25, 0.3) is 0 Å². The molecule has 1 aromatic rings. The number of carbonyl (C=O) groups excluding carboxylic acids is 1. The predicted molar refractivity (Wildman–Crippen MR) is 80.7 cm³/mol. The van der Waals surface area contributed by atoms with Gasteiger partial charge >= 0.3 is 6.03 Å². The fourth-order valence-electron chi connectivity index (χ4n) is 3.46. The van der Waals surface area contributed by atoms with Crippen molar-refractivity contribution in [1.82, 2.24) is 10.2 Å². The quantitative estimate of drug-likeness (QED) is 0.886. The van der Waals surface area contributed by atoms with Crippen molar-refractivity contribution in [2.75, 3.05) is 13.1 Å². The number of hydrogen-bond donors (Lipinski definition) is 1. The summed E-state index contributed by atoms with van der Waals surface area (Å²) >= 11 is 5.85. The highest BCUT2D eigenvalue weighted by molar-refractivity contribution is 6.30. The smallest absolute Gasteiger partial charge is 0.317 e. The summed E-state index contributed by atoms with van der Waals surface area (Å²) in [4.78, 5) is 14.2. The Hall–Kier alpha value is -1.22. The molecule has 1 heterocycles. The van der Waals surface area contributed by atoms with Crippen molar-refractivity contribution < 1.29 is 4.79 Å². The minimum Gasteiger partial charge on any atom is -0.334 e. The molecule has 0 spiro atoms. The van der Waals surface area contributed by atoms with Gasteiger partial charge in [0.05, 0.1) is 0 Å². The first-order chi connectivity index (χ1) is 9.72. The van der Waals surface area contributed by atoms with Gasteiger partial charge in [0.2, 0.25) is 0 Å². The van der Waals surface area contributed by atoms with Crippen LogP contribution in [0, 0.1) is 11.8 Å². The number of carbonyl (C=O) groups is 1. The van der Waals surface area contributed by atoms with Crippen molar-refractivity contribution in [3.63, 3.8) is 0 Å². The van der Waals surface area contributed by atoms with E-state index in [4.69, 9.17) is 11.6 Å². The van der Waals surface area contributed by atoms with E-state index in [2.05, 4.69) is 5.32 Å². The Labute approximate surface area is 125 Å². The average Bonchev–Trinajstić information content (AvgIpc) is 2.90. The van der Waals surface area contributed by atoms with Crippen LogP contribution in [0.4, 0.5) is 4.79 Å². The predicted octanol–water partition coefficient (Wildman–Crippen LogP) is 3.67. The van der Waals surface area contributed by atoms with Crippen molar-refractivity contribution in [1.29, 1.82) is 0 Å². The lowest BCUT2D eigenvalue weighted by molar-refractivity contribution is 0.206. The second-order valence-electron chi connectivity index (χ2n) is 5.99. The molecule has 108 valence electrons. The number of halogens is 1. The van der Waals surface area contributed by atoms with Crippen molar-refractivity contribution >= 4 is 17.6 Å². The minimum absolute atomic E-state index is 0.0781. The number of fused-ring (bicyclic) bond motifs is 1. The summed E-state index contributed by atoms with van der Waals surface area (Å²) in [5.41, 5.74) is 1.08. The molecule has 0 radical (unpaired) electrons. The molecule has 2 aliphatic rings. The van der Waals surface area contributed by atoms with Gasteiger partial charge in [-0.25, -0.2) is 4.79 Å². The molecule has 4 heteroatoms. The second-order valence-corrected chi connectivity index (χ2v) is 6.43. The van der Waals surface area contributed by atoms with Crippen molar-refractivity contribution in [3.05, 3.63) is 34.9 Å². The number of likely N-dealkylation sites (tertiary alicyclic amines) is 1. The summed E-state index contributed by atoms with van der Waals surface area (Å²) in [6.45, 7) is 2.45. The summed E-state index contributed by atoms with van der Waals surface area (Å²) < 4.78 is 0. The number of nitrogens with one attached hydrogen (secondary N) is 1. The molecular formula is C16H21ClN2O. The zero-order chi connectivity index (χ0) is 13.9. The highest BCUT2D eigenvalue weighted by Gasteiger charge is 2.36. The Kier molecular flexibility index (Phi) is 4.16. The number of urea groups is 1. The zero-order valence-electron chi connectivity index (χ0n) is 11.6. The van der Waals surface area contributed by atoms with Crippen LogP contribution in [0.15, 0.2) is 24.3 Å². The molecule has 1 aromatic carbocycles. The zero-order valence-corrected chi connectivity index (χ0v) is 12.4. The Morgan fingerprint density at radius 1 is 1.15 bits per heavy atom. The molecule has 2 atom stereocenters. The number of nitrogens with zero attached hydrogens (tertiary/aromatic N) is 1. The first-order valence-corrected chi connectivity index (χ1v) is 7.87. The average molecular weight is 293 g/mol. The molecule has 20 heavy (non-hydrogen) atoms. The van der Waals surface area contributed by atoms with E-state index in [1.54, 1.807) is 0 Å². The molecule has 2 fully saturated rings. The monoisotopic (exact) mass is 292 g/mol. The SMILES string of the molecule is O=C(NCc1ccc(Cl)cc1)N1CC2CCCCC2C1. The third kappa shape index (κ3) is 3.09. The maximum absolute atomic E-state index is 12.2. The van der Waals surface area contributed by atoms with E-state index in [-0.39, 0.29) is 6.03 Å². The molecule has 1 saturated heterocycles. The van der Waals surface area contributed by atoms with E-state index in [9.17, 15) is 4.79 Å². The van der Waals surface area contributed by atoms with E-state index in [1.807, 2.05) is 29.2 Å². The molecule has 1 aliphatic carbocycles.